The Balaban J connectivity index is 1.98. The minimum absolute atomic E-state index is 0.778. The van der Waals surface area contributed by atoms with Crippen molar-refractivity contribution in [2.45, 2.75) is 32.4 Å². The van der Waals surface area contributed by atoms with Crippen LogP contribution in [0.15, 0.2) is 30.3 Å². The highest BCUT2D eigenvalue weighted by atomic mass is 15.2. The summed E-state index contributed by atoms with van der Waals surface area (Å²) < 4.78 is 0. The Hall–Kier alpha value is -0.820. The first kappa shape index (κ1) is 8.76. The van der Waals surface area contributed by atoms with Crippen molar-refractivity contribution in [2.75, 3.05) is 6.54 Å². The molecule has 0 unspecified atom stereocenters. The number of hydrogen-bond acceptors (Lipinski definition) is 1. The lowest BCUT2D eigenvalue weighted by Crippen LogP contribution is -2.25. The Kier molecular flexibility index (Phi) is 2.65. The minimum atomic E-state index is 0.778. The van der Waals surface area contributed by atoms with Gasteiger partial charge in [-0.2, -0.15) is 0 Å². The van der Waals surface area contributed by atoms with Crippen molar-refractivity contribution in [3.8, 4) is 0 Å². The summed E-state index contributed by atoms with van der Waals surface area (Å²) in [6, 6.07) is 11.5. The molecular weight excluding hydrogens is 158 g/mol. The average molecular weight is 175 g/mol. The molecule has 0 amide bonds. The Bertz CT molecular complexity index is 255. The number of likely N-dealkylation sites (tertiary alicyclic amines) is 1. The van der Waals surface area contributed by atoms with Crippen molar-refractivity contribution in [1.82, 2.24) is 4.90 Å². The number of nitrogens with zero attached hydrogens (tertiary/aromatic N) is 1. The molecule has 1 fully saturated rings. The predicted molar refractivity (Wildman–Crippen MR) is 55.5 cm³/mol. The number of rotatable bonds is 2. The Morgan fingerprint density at radius 3 is 2.69 bits per heavy atom. The minimum Gasteiger partial charge on any atom is -0.296 e. The quantitative estimate of drug-likeness (QED) is 0.668. The van der Waals surface area contributed by atoms with E-state index in [-0.39, 0.29) is 0 Å². The molecule has 1 aromatic carbocycles. The van der Waals surface area contributed by atoms with Gasteiger partial charge in [0.05, 0.1) is 0 Å². The summed E-state index contributed by atoms with van der Waals surface area (Å²) in [6.07, 6.45) is 2.74. The fourth-order valence-corrected chi connectivity index (χ4v) is 2.05. The molecule has 1 saturated heterocycles. The van der Waals surface area contributed by atoms with Crippen molar-refractivity contribution in [3.63, 3.8) is 0 Å². The molecule has 0 saturated carbocycles. The van der Waals surface area contributed by atoms with Crippen molar-refractivity contribution in [2.24, 2.45) is 0 Å². The molecule has 1 aromatic rings. The van der Waals surface area contributed by atoms with Gasteiger partial charge in [-0.3, -0.25) is 4.90 Å². The van der Waals surface area contributed by atoms with Crippen LogP contribution in [0.1, 0.15) is 25.3 Å². The van der Waals surface area contributed by atoms with Crippen molar-refractivity contribution in [3.05, 3.63) is 35.9 Å². The molecule has 1 heterocycles. The van der Waals surface area contributed by atoms with E-state index in [1.54, 1.807) is 0 Å². The van der Waals surface area contributed by atoms with Gasteiger partial charge in [-0.1, -0.05) is 30.3 Å². The Labute approximate surface area is 80.4 Å². The van der Waals surface area contributed by atoms with Crippen molar-refractivity contribution >= 4 is 0 Å². The van der Waals surface area contributed by atoms with Gasteiger partial charge in [0.2, 0.25) is 0 Å². The van der Waals surface area contributed by atoms with E-state index >= 15 is 0 Å². The summed E-state index contributed by atoms with van der Waals surface area (Å²) in [7, 11) is 0. The van der Waals surface area contributed by atoms with Gasteiger partial charge in [-0.05, 0) is 31.9 Å². The molecule has 0 aliphatic carbocycles. The lowest BCUT2D eigenvalue weighted by Gasteiger charge is -2.20. The lowest BCUT2D eigenvalue weighted by atomic mass is 10.2. The van der Waals surface area contributed by atoms with Gasteiger partial charge in [-0.15, -0.1) is 0 Å². The van der Waals surface area contributed by atoms with Crippen LogP contribution in [0.3, 0.4) is 0 Å². The van der Waals surface area contributed by atoms with E-state index < -0.39 is 0 Å². The zero-order chi connectivity index (χ0) is 9.10. The van der Waals surface area contributed by atoms with E-state index in [9.17, 15) is 0 Å². The number of benzene rings is 1. The van der Waals surface area contributed by atoms with Crippen LogP contribution < -0.4 is 0 Å². The molecule has 1 atom stereocenters. The molecule has 1 heteroatoms. The van der Waals surface area contributed by atoms with Crippen LogP contribution in [0.5, 0.6) is 0 Å². The first-order valence-corrected chi connectivity index (χ1v) is 5.14. The average Bonchev–Trinajstić information content (AvgIpc) is 2.54. The van der Waals surface area contributed by atoms with E-state index in [0.29, 0.717) is 0 Å². The third-order valence-electron chi connectivity index (χ3n) is 2.92. The first-order valence-electron chi connectivity index (χ1n) is 5.14. The molecule has 0 radical (unpaired) electrons. The summed E-state index contributed by atoms with van der Waals surface area (Å²) in [6.45, 7) is 4.73. The third-order valence-corrected chi connectivity index (χ3v) is 2.92. The zero-order valence-corrected chi connectivity index (χ0v) is 8.24. The second kappa shape index (κ2) is 3.93. The van der Waals surface area contributed by atoms with Gasteiger partial charge in [0.25, 0.3) is 0 Å². The summed E-state index contributed by atoms with van der Waals surface area (Å²) >= 11 is 0. The third kappa shape index (κ3) is 2.10. The van der Waals surface area contributed by atoms with E-state index in [2.05, 4.69) is 42.2 Å². The van der Waals surface area contributed by atoms with Crippen molar-refractivity contribution in [1.29, 1.82) is 0 Å². The summed E-state index contributed by atoms with van der Waals surface area (Å²) in [5, 5.41) is 0. The second-order valence-electron chi connectivity index (χ2n) is 3.95. The molecular formula is C12H17N. The van der Waals surface area contributed by atoms with Crippen LogP contribution in [0.25, 0.3) is 0 Å². The maximum absolute atomic E-state index is 2.56. The fourth-order valence-electron chi connectivity index (χ4n) is 2.05. The van der Waals surface area contributed by atoms with Gasteiger partial charge >= 0.3 is 0 Å². The molecule has 70 valence electrons. The molecule has 0 N–H and O–H groups in total. The van der Waals surface area contributed by atoms with Gasteiger partial charge in [0.15, 0.2) is 0 Å². The first-order chi connectivity index (χ1) is 6.36. The SMILES string of the molecule is C[C@@H]1CCCN1Cc1ccccc1. The summed E-state index contributed by atoms with van der Waals surface area (Å²) in [5.74, 6) is 0. The highest BCUT2D eigenvalue weighted by molar-refractivity contribution is 5.14. The molecule has 0 bridgehead atoms. The maximum Gasteiger partial charge on any atom is 0.0236 e. The van der Waals surface area contributed by atoms with Crippen LogP contribution in [0.4, 0.5) is 0 Å². The maximum atomic E-state index is 2.56. The molecule has 0 aromatic heterocycles. The van der Waals surface area contributed by atoms with Crippen LogP contribution in [0, 0.1) is 0 Å². The standard InChI is InChI=1S/C12H17N/c1-11-6-5-9-13(11)10-12-7-3-2-4-8-12/h2-4,7-8,11H,5-6,9-10H2,1H3/t11-/m1/s1. The Morgan fingerprint density at radius 2 is 2.08 bits per heavy atom. The zero-order valence-electron chi connectivity index (χ0n) is 8.24. The van der Waals surface area contributed by atoms with E-state index in [1.807, 2.05) is 0 Å². The molecule has 1 nitrogen and oxygen atoms in total. The van der Waals surface area contributed by atoms with Gasteiger partial charge in [-0.25, -0.2) is 0 Å². The van der Waals surface area contributed by atoms with Gasteiger partial charge < -0.3 is 0 Å². The van der Waals surface area contributed by atoms with Crippen LogP contribution >= 0.6 is 0 Å². The molecule has 13 heavy (non-hydrogen) atoms. The fraction of sp³-hybridized carbons (Fsp3) is 0.500. The van der Waals surface area contributed by atoms with E-state index in [4.69, 9.17) is 0 Å². The van der Waals surface area contributed by atoms with Crippen molar-refractivity contribution < 1.29 is 0 Å². The molecule has 1 aliphatic heterocycles. The monoisotopic (exact) mass is 175 g/mol. The predicted octanol–water partition coefficient (Wildman–Crippen LogP) is 2.67. The van der Waals surface area contributed by atoms with Gasteiger partial charge in [0, 0.05) is 12.6 Å². The highest BCUT2D eigenvalue weighted by Crippen LogP contribution is 2.18. The number of hydrogen-bond donors (Lipinski definition) is 0. The second-order valence-corrected chi connectivity index (χ2v) is 3.95. The molecule has 1 aliphatic rings. The van der Waals surface area contributed by atoms with Crippen LogP contribution in [-0.4, -0.2) is 17.5 Å². The van der Waals surface area contributed by atoms with Crippen LogP contribution in [0.2, 0.25) is 0 Å². The largest absolute Gasteiger partial charge is 0.296 e. The summed E-state index contributed by atoms with van der Waals surface area (Å²) in [5.41, 5.74) is 1.44. The van der Waals surface area contributed by atoms with E-state index in [0.717, 1.165) is 12.6 Å². The van der Waals surface area contributed by atoms with Crippen LogP contribution in [-0.2, 0) is 6.54 Å². The van der Waals surface area contributed by atoms with Gasteiger partial charge in [0.1, 0.15) is 0 Å². The molecule has 0 spiro atoms. The summed E-state index contributed by atoms with van der Waals surface area (Å²) in [4.78, 5) is 2.56. The van der Waals surface area contributed by atoms with E-state index in [1.165, 1.54) is 24.9 Å². The smallest absolute Gasteiger partial charge is 0.0236 e. The lowest BCUT2D eigenvalue weighted by molar-refractivity contribution is 0.260. The normalized spacial score (nSPS) is 23.6. The Morgan fingerprint density at radius 1 is 1.31 bits per heavy atom. The highest BCUT2D eigenvalue weighted by Gasteiger charge is 2.19. The topological polar surface area (TPSA) is 3.24 Å². The molecule has 2 rings (SSSR count).